The fourth-order valence-corrected chi connectivity index (χ4v) is 1.05. The van der Waals surface area contributed by atoms with Crippen molar-refractivity contribution < 1.29 is 10.2 Å². The third-order valence-electron chi connectivity index (χ3n) is 1.13. The van der Waals surface area contributed by atoms with E-state index in [-0.39, 0.29) is 0 Å². The smallest absolute Gasteiger partial charge is 0.103 e. The topological polar surface area (TPSA) is 40.5 Å². The Hall–Kier alpha value is -0.120. The molecule has 2 atom stereocenters. The van der Waals surface area contributed by atoms with Crippen LogP contribution in [-0.2, 0) is 0 Å². The molecule has 0 saturated heterocycles. The molecule has 0 aromatic carbocycles. The Balaban J connectivity index is 2.70. The molecule has 0 fully saturated rings. The summed E-state index contributed by atoms with van der Waals surface area (Å²) >= 11 is 3.16. The molecule has 2 N–H and O–H groups in total. The second kappa shape index (κ2) is 2.64. The van der Waals surface area contributed by atoms with Crippen LogP contribution in [0.15, 0.2) is 22.7 Å². The van der Waals surface area contributed by atoms with Gasteiger partial charge in [0.1, 0.15) is 12.2 Å². The van der Waals surface area contributed by atoms with E-state index in [9.17, 15) is 0 Å². The van der Waals surface area contributed by atoms with Crippen LogP contribution in [0.2, 0.25) is 0 Å². The summed E-state index contributed by atoms with van der Waals surface area (Å²) in [5.74, 6) is 0. The van der Waals surface area contributed by atoms with Gasteiger partial charge in [-0.2, -0.15) is 0 Å². The van der Waals surface area contributed by atoms with E-state index in [0.29, 0.717) is 0 Å². The monoisotopic (exact) mass is 190 g/mol. The third-order valence-corrected chi connectivity index (χ3v) is 1.66. The van der Waals surface area contributed by atoms with Crippen LogP contribution in [0.25, 0.3) is 0 Å². The highest BCUT2D eigenvalue weighted by molar-refractivity contribution is 9.11. The number of allylic oxidation sites excluding steroid dienone is 2. The molecule has 0 unspecified atom stereocenters. The molecule has 0 radical (unpaired) electrons. The lowest BCUT2D eigenvalue weighted by Gasteiger charge is -2.13. The maximum absolute atomic E-state index is 8.94. The molecular formula is C6H7BrO2. The van der Waals surface area contributed by atoms with Crippen LogP contribution >= 0.6 is 15.9 Å². The molecular weight excluding hydrogens is 184 g/mol. The summed E-state index contributed by atoms with van der Waals surface area (Å²) in [6, 6.07) is 0. The zero-order valence-electron chi connectivity index (χ0n) is 4.66. The van der Waals surface area contributed by atoms with Gasteiger partial charge in [-0.1, -0.05) is 22.0 Å². The van der Waals surface area contributed by atoms with Gasteiger partial charge in [0, 0.05) is 4.48 Å². The number of aliphatic hydroxyl groups excluding tert-OH is 2. The number of hydrogen-bond donors (Lipinski definition) is 2. The molecule has 0 saturated carbocycles. The Morgan fingerprint density at radius 3 is 2.44 bits per heavy atom. The first-order chi connectivity index (χ1) is 4.20. The lowest BCUT2D eigenvalue weighted by atomic mass is 10.1. The Kier molecular flexibility index (Phi) is 2.05. The van der Waals surface area contributed by atoms with Crippen molar-refractivity contribution in [3.8, 4) is 0 Å². The summed E-state index contributed by atoms with van der Waals surface area (Å²) < 4.78 is 0.806. The first-order valence-corrected chi connectivity index (χ1v) is 3.41. The van der Waals surface area contributed by atoms with Crippen molar-refractivity contribution in [3.63, 3.8) is 0 Å². The van der Waals surface area contributed by atoms with Crippen LogP contribution in [0, 0.1) is 0 Å². The van der Waals surface area contributed by atoms with Crippen LogP contribution in [0.5, 0.6) is 0 Å². The molecule has 0 amide bonds. The Morgan fingerprint density at radius 2 is 2.00 bits per heavy atom. The molecule has 2 nitrogen and oxygen atoms in total. The van der Waals surface area contributed by atoms with Crippen molar-refractivity contribution in [1.82, 2.24) is 0 Å². The largest absolute Gasteiger partial charge is 0.386 e. The van der Waals surface area contributed by atoms with Gasteiger partial charge >= 0.3 is 0 Å². The van der Waals surface area contributed by atoms with Crippen molar-refractivity contribution in [3.05, 3.63) is 22.7 Å². The molecule has 0 aromatic heterocycles. The van der Waals surface area contributed by atoms with E-state index < -0.39 is 12.2 Å². The zero-order chi connectivity index (χ0) is 6.85. The van der Waals surface area contributed by atoms with Crippen molar-refractivity contribution in [1.29, 1.82) is 0 Å². The minimum Gasteiger partial charge on any atom is -0.386 e. The van der Waals surface area contributed by atoms with Gasteiger partial charge in [0.25, 0.3) is 0 Å². The maximum Gasteiger partial charge on any atom is 0.103 e. The Morgan fingerprint density at radius 1 is 1.33 bits per heavy atom. The molecule has 9 heavy (non-hydrogen) atoms. The zero-order valence-corrected chi connectivity index (χ0v) is 6.25. The average Bonchev–Trinajstić information content (AvgIpc) is 1.80. The third kappa shape index (κ3) is 1.64. The van der Waals surface area contributed by atoms with Crippen molar-refractivity contribution in [2.24, 2.45) is 0 Å². The Labute approximate surface area is 61.6 Å². The average molecular weight is 191 g/mol. The first kappa shape index (κ1) is 6.99. The summed E-state index contributed by atoms with van der Waals surface area (Å²) in [5, 5.41) is 17.8. The molecule has 3 heteroatoms. The molecule has 0 aromatic rings. The minimum atomic E-state index is -0.760. The quantitative estimate of drug-likeness (QED) is 0.587. The molecule has 0 bridgehead atoms. The van der Waals surface area contributed by atoms with Crippen LogP contribution in [0.3, 0.4) is 0 Å². The number of hydrogen-bond acceptors (Lipinski definition) is 2. The van der Waals surface area contributed by atoms with Crippen LogP contribution in [0.1, 0.15) is 0 Å². The van der Waals surface area contributed by atoms with E-state index in [1.807, 2.05) is 0 Å². The first-order valence-electron chi connectivity index (χ1n) is 2.62. The summed E-state index contributed by atoms with van der Waals surface area (Å²) in [6.45, 7) is 0. The summed E-state index contributed by atoms with van der Waals surface area (Å²) in [7, 11) is 0. The molecule has 50 valence electrons. The lowest BCUT2D eigenvalue weighted by molar-refractivity contribution is 0.0792. The summed E-state index contributed by atoms with van der Waals surface area (Å²) in [4.78, 5) is 0. The number of aliphatic hydroxyl groups is 2. The second-order valence-electron chi connectivity index (χ2n) is 1.89. The van der Waals surface area contributed by atoms with Gasteiger partial charge < -0.3 is 10.2 Å². The SMILES string of the molecule is O[C@@H]1C=C(Br)C=C[C@@H]1O. The number of rotatable bonds is 0. The maximum atomic E-state index is 8.94. The van der Waals surface area contributed by atoms with E-state index in [1.54, 1.807) is 12.2 Å². The molecule has 1 aliphatic carbocycles. The molecule has 0 heterocycles. The van der Waals surface area contributed by atoms with E-state index in [4.69, 9.17) is 10.2 Å². The van der Waals surface area contributed by atoms with Gasteiger partial charge in [-0.25, -0.2) is 0 Å². The fourth-order valence-electron chi connectivity index (χ4n) is 0.622. The van der Waals surface area contributed by atoms with Crippen molar-refractivity contribution in [2.45, 2.75) is 12.2 Å². The highest BCUT2D eigenvalue weighted by Crippen LogP contribution is 2.15. The van der Waals surface area contributed by atoms with Crippen molar-refractivity contribution >= 4 is 15.9 Å². The molecule has 1 aliphatic rings. The second-order valence-corrected chi connectivity index (χ2v) is 2.81. The summed E-state index contributed by atoms with van der Waals surface area (Å²) in [6.07, 6.45) is 3.28. The minimum absolute atomic E-state index is 0.744. The Bertz CT molecular complexity index is 162. The van der Waals surface area contributed by atoms with Gasteiger partial charge in [0.05, 0.1) is 0 Å². The molecule has 0 aliphatic heterocycles. The standard InChI is InChI=1S/C6H7BrO2/c7-4-1-2-5(8)6(9)3-4/h1-3,5-6,8-9H/t5-,6+/m0/s1. The van der Waals surface area contributed by atoms with Gasteiger partial charge in [-0.3, -0.25) is 0 Å². The lowest BCUT2D eigenvalue weighted by Crippen LogP contribution is -2.23. The highest BCUT2D eigenvalue weighted by Gasteiger charge is 2.13. The summed E-state index contributed by atoms with van der Waals surface area (Å²) in [5.41, 5.74) is 0. The van der Waals surface area contributed by atoms with E-state index in [1.165, 1.54) is 6.08 Å². The fraction of sp³-hybridized carbons (Fsp3) is 0.333. The highest BCUT2D eigenvalue weighted by atomic mass is 79.9. The van der Waals surface area contributed by atoms with Crippen LogP contribution in [0.4, 0.5) is 0 Å². The van der Waals surface area contributed by atoms with Gasteiger partial charge in [-0.05, 0) is 12.2 Å². The molecule has 1 rings (SSSR count). The van der Waals surface area contributed by atoms with E-state index in [0.717, 1.165) is 4.48 Å². The van der Waals surface area contributed by atoms with Crippen molar-refractivity contribution in [2.75, 3.05) is 0 Å². The van der Waals surface area contributed by atoms with Gasteiger partial charge in [-0.15, -0.1) is 0 Å². The van der Waals surface area contributed by atoms with Crippen LogP contribution < -0.4 is 0 Å². The predicted molar refractivity (Wildman–Crippen MR) is 38.2 cm³/mol. The normalized spacial score (nSPS) is 34.3. The molecule has 0 spiro atoms. The predicted octanol–water partition coefficient (Wildman–Crippen LogP) is 0.557. The van der Waals surface area contributed by atoms with E-state index >= 15 is 0 Å². The van der Waals surface area contributed by atoms with Gasteiger partial charge in [0.15, 0.2) is 0 Å². The van der Waals surface area contributed by atoms with Gasteiger partial charge in [0.2, 0.25) is 0 Å². The number of halogens is 1. The van der Waals surface area contributed by atoms with E-state index in [2.05, 4.69) is 15.9 Å². The van der Waals surface area contributed by atoms with Crippen LogP contribution in [-0.4, -0.2) is 22.4 Å².